The van der Waals surface area contributed by atoms with E-state index in [1.54, 1.807) is 0 Å². The minimum Gasteiger partial charge on any atom is -0.347 e. The molecule has 2 nitrogen and oxygen atoms in total. The Morgan fingerprint density at radius 1 is 1.36 bits per heavy atom. The van der Waals surface area contributed by atoms with E-state index in [0.29, 0.717) is 5.41 Å². The van der Waals surface area contributed by atoms with Crippen LogP contribution >= 0.6 is 11.6 Å². The topological polar surface area (TPSA) is 27.1 Å². The lowest BCUT2D eigenvalue weighted by molar-refractivity contribution is 0.243. The third kappa shape index (κ3) is 1.36. The van der Waals surface area contributed by atoms with Gasteiger partial charge in [0.15, 0.2) is 5.29 Å². The predicted octanol–water partition coefficient (Wildman–Crippen LogP) is 2.04. The molecule has 0 aromatic rings. The van der Waals surface area contributed by atoms with Crippen LogP contribution in [0.25, 0.3) is 0 Å². The summed E-state index contributed by atoms with van der Waals surface area (Å²) in [4.78, 5) is 2.00. The van der Waals surface area contributed by atoms with Crippen molar-refractivity contribution in [3.05, 3.63) is 0 Å². The molecule has 11 heavy (non-hydrogen) atoms. The first-order valence-corrected chi connectivity index (χ1v) is 4.59. The Balaban J connectivity index is 1.98. The first-order valence-electron chi connectivity index (χ1n) is 4.21. The second kappa shape index (κ2) is 2.37. The highest BCUT2D eigenvalue weighted by Crippen LogP contribution is 2.52. The first kappa shape index (κ1) is 7.41. The van der Waals surface area contributed by atoms with Crippen molar-refractivity contribution in [2.24, 2.45) is 5.41 Å². The number of halogens is 1. The molecule has 1 heterocycles. The average Bonchev–Trinajstić information content (AvgIpc) is 2.69. The molecule has 2 aliphatic rings. The van der Waals surface area contributed by atoms with E-state index in [9.17, 15) is 0 Å². The molecule has 0 atom stereocenters. The summed E-state index contributed by atoms with van der Waals surface area (Å²) in [5.41, 5.74) is 0.583. The monoisotopic (exact) mass is 172 g/mol. The van der Waals surface area contributed by atoms with Gasteiger partial charge in [-0.05, 0) is 42.7 Å². The van der Waals surface area contributed by atoms with Crippen LogP contribution in [0.3, 0.4) is 0 Å². The quantitative estimate of drug-likeness (QED) is 0.338. The highest BCUT2D eigenvalue weighted by atomic mass is 35.5. The van der Waals surface area contributed by atoms with E-state index < -0.39 is 0 Å². The molecule has 2 rings (SSSR count). The van der Waals surface area contributed by atoms with Crippen LogP contribution in [-0.2, 0) is 0 Å². The normalized spacial score (nSPS) is 27.2. The third-order valence-electron chi connectivity index (χ3n) is 2.90. The molecular weight excluding hydrogens is 160 g/mol. The summed E-state index contributed by atoms with van der Waals surface area (Å²) in [6.45, 7) is 2.03. The van der Waals surface area contributed by atoms with Crippen LogP contribution in [-0.4, -0.2) is 23.3 Å². The van der Waals surface area contributed by atoms with E-state index in [1.807, 2.05) is 4.90 Å². The van der Waals surface area contributed by atoms with Crippen molar-refractivity contribution in [3.8, 4) is 0 Å². The number of likely N-dealkylation sites (tertiary alicyclic amines) is 1. The molecule has 1 spiro atoms. The summed E-state index contributed by atoms with van der Waals surface area (Å²) in [7, 11) is 0. The molecule has 0 bridgehead atoms. The molecular formula is C8H13ClN2. The highest BCUT2D eigenvalue weighted by molar-refractivity contribution is 6.63. The zero-order valence-electron chi connectivity index (χ0n) is 6.57. The van der Waals surface area contributed by atoms with Gasteiger partial charge in [-0.15, -0.1) is 0 Å². The van der Waals surface area contributed by atoms with Gasteiger partial charge in [-0.2, -0.15) is 0 Å². The van der Waals surface area contributed by atoms with Crippen molar-refractivity contribution in [2.75, 3.05) is 13.1 Å². The minimum atomic E-state index is 0.232. The van der Waals surface area contributed by atoms with Crippen molar-refractivity contribution in [2.45, 2.75) is 25.7 Å². The fraction of sp³-hybridized carbons (Fsp3) is 0.875. The van der Waals surface area contributed by atoms with Gasteiger partial charge in [0.05, 0.1) is 0 Å². The Morgan fingerprint density at radius 3 is 2.64 bits per heavy atom. The second-order valence-corrected chi connectivity index (χ2v) is 4.17. The number of nitrogens with one attached hydrogen (secondary N) is 1. The summed E-state index contributed by atoms with van der Waals surface area (Å²) in [6.07, 6.45) is 5.28. The zero-order chi connectivity index (χ0) is 7.90. The number of nitrogens with zero attached hydrogens (tertiary/aromatic N) is 1. The van der Waals surface area contributed by atoms with Crippen LogP contribution < -0.4 is 0 Å². The molecule has 1 saturated heterocycles. The van der Waals surface area contributed by atoms with Crippen LogP contribution in [0, 0.1) is 10.8 Å². The van der Waals surface area contributed by atoms with Gasteiger partial charge in [-0.25, -0.2) is 0 Å². The number of amidine groups is 1. The van der Waals surface area contributed by atoms with Gasteiger partial charge >= 0.3 is 0 Å². The van der Waals surface area contributed by atoms with E-state index >= 15 is 0 Å². The van der Waals surface area contributed by atoms with Crippen LogP contribution in [0.4, 0.5) is 0 Å². The number of hydrogen-bond acceptors (Lipinski definition) is 1. The molecule has 0 amide bonds. The van der Waals surface area contributed by atoms with E-state index in [0.717, 1.165) is 13.1 Å². The largest absolute Gasteiger partial charge is 0.347 e. The Labute approximate surface area is 72.0 Å². The number of hydrogen-bond donors (Lipinski definition) is 1. The highest BCUT2D eigenvalue weighted by Gasteiger charge is 2.45. The lowest BCUT2D eigenvalue weighted by Crippen LogP contribution is -2.38. The molecule has 3 heteroatoms. The van der Waals surface area contributed by atoms with Crippen LogP contribution in [0.5, 0.6) is 0 Å². The van der Waals surface area contributed by atoms with Crippen molar-refractivity contribution in [1.29, 1.82) is 5.41 Å². The molecule has 1 saturated carbocycles. The summed E-state index contributed by atoms with van der Waals surface area (Å²) in [5, 5.41) is 7.52. The van der Waals surface area contributed by atoms with Crippen molar-refractivity contribution in [3.63, 3.8) is 0 Å². The first-order chi connectivity index (χ1) is 5.22. The van der Waals surface area contributed by atoms with Crippen molar-refractivity contribution < 1.29 is 0 Å². The molecule has 2 fully saturated rings. The Morgan fingerprint density at radius 2 is 2.09 bits per heavy atom. The fourth-order valence-corrected chi connectivity index (χ4v) is 2.10. The van der Waals surface area contributed by atoms with Gasteiger partial charge in [-0.3, -0.25) is 5.41 Å². The average molecular weight is 173 g/mol. The molecule has 1 N–H and O–H groups in total. The van der Waals surface area contributed by atoms with Gasteiger partial charge in [0.1, 0.15) is 0 Å². The van der Waals surface area contributed by atoms with Gasteiger partial charge in [0.25, 0.3) is 0 Å². The predicted molar refractivity (Wildman–Crippen MR) is 46.1 cm³/mol. The molecule has 0 radical (unpaired) electrons. The van der Waals surface area contributed by atoms with E-state index in [4.69, 9.17) is 17.0 Å². The second-order valence-electron chi connectivity index (χ2n) is 3.82. The number of rotatable bonds is 0. The number of piperidine rings is 1. The maximum absolute atomic E-state index is 7.28. The lowest BCUT2D eigenvalue weighted by atomic mass is 9.96. The zero-order valence-corrected chi connectivity index (χ0v) is 7.32. The third-order valence-corrected chi connectivity index (χ3v) is 3.14. The van der Waals surface area contributed by atoms with E-state index in [-0.39, 0.29) is 5.29 Å². The maximum Gasteiger partial charge on any atom is 0.191 e. The fourth-order valence-electron chi connectivity index (χ4n) is 1.96. The maximum atomic E-state index is 7.28. The summed E-state index contributed by atoms with van der Waals surface area (Å²) >= 11 is 5.62. The Kier molecular flexibility index (Phi) is 1.60. The standard InChI is InChI=1S/C8H13ClN2/c9-7(10)11-5-1-2-8(6-11)3-4-8/h10H,1-6H2. The SMILES string of the molecule is N=C(Cl)N1CCCC2(CC2)C1. The molecule has 0 unspecified atom stereocenters. The van der Waals surface area contributed by atoms with Gasteiger partial charge < -0.3 is 4.90 Å². The minimum absolute atomic E-state index is 0.232. The Bertz CT molecular complexity index is 187. The van der Waals surface area contributed by atoms with Crippen LogP contribution in [0.15, 0.2) is 0 Å². The van der Waals surface area contributed by atoms with Crippen molar-refractivity contribution >= 4 is 16.9 Å². The van der Waals surface area contributed by atoms with Crippen LogP contribution in [0.2, 0.25) is 0 Å². The summed E-state index contributed by atoms with van der Waals surface area (Å²) in [5.74, 6) is 0. The lowest BCUT2D eigenvalue weighted by Gasteiger charge is -2.32. The molecule has 0 aromatic carbocycles. The molecule has 1 aliphatic heterocycles. The van der Waals surface area contributed by atoms with Gasteiger partial charge in [-0.1, -0.05) is 0 Å². The van der Waals surface area contributed by atoms with Gasteiger partial charge in [0.2, 0.25) is 0 Å². The van der Waals surface area contributed by atoms with E-state index in [2.05, 4.69) is 0 Å². The van der Waals surface area contributed by atoms with Gasteiger partial charge in [0, 0.05) is 13.1 Å². The molecule has 62 valence electrons. The van der Waals surface area contributed by atoms with E-state index in [1.165, 1.54) is 25.7 Å². The Hall–Kier alpha value is -0.240. The summed E-state index contributed by atoms with van der Waals surface area (Å²) < 4.78 is 0. The summed E-state index contributed by atoms with van der Waals surface area (Å²) in [6, 6.07) is 0. The molecule has 0 aromatic heterocycles. The van der Waals surface area contributed by atoms with Crippen LogP contribution in [0.1, 0.15) is 25.7 Å². The molecule has 1 aliphatic carbocycles. The van der Waals surface area contributed by atoms with Crippen molar-refractivity contribution in [1.82, 2.24) is 4.90 Å². The smallest absolute Gasteiger partial charge is 0.191 e.